The van der Waals surface area contributed by atoms with Gasteiger partial charge in [-0.25, -0.2) is 0 Å². The van der Waals surface area contributed by atoms with E-state index in [9.17, 15) is 4.79 Å². The van der Waals surface area contributed by atoms with E-state index in [2.05, 4.69) is 11.1 Å². The van der Waals surface area contributed by atoms with Crippen molar-refractivity contribution < 1.29 is 4.79 Å². The molecule has 0 spiro atoms. The van der Waals surface area contributed by atoms with Crippen LogP contribution in [-0.2, 0) is 4.79 Å². The van der Waals surface area contributed by atoms with E-state index >= 15 is 0 Å². The number of rotatable bonds is 6. The summed E-state index contributed by atoms with van der Waals surface area (Å²) in [6.07, 6.45) is 8.73. The van der Waals surface area contributed by atoms with E-state index in [1.807, 2.05) is 31.0 Å². The second kappa shape index (κ2) is 7.55. The van der Waals surface area contributed by atoms with Crippen LogP contribution >= 0.6 is 0 Å². The van der Waals surface area contributed by atoms with Gasteiger partial charge in [0.25, 0.3) is 0 Å². The highest BCUT2D eigenvalue weighted by atomic mass is 16.2. The first-order chi connectivity index (χ1) is 10.1. The van der Waals surface area contributed by atoms with E-state index < -0.39 is 0 Å². The number of carbonyl (C=O) groups excluding carboxylic acids is 1. The molecule has 116 valence electrons. The Morgan fingerprint density at radius 1 is 1.48 bits per heavy atom. The van der Waals surface area contributed by atoms with Crippen LogP contribution in [-0.4, -0.2) is 28.4 Å². The number of amides is 1. The predicted octanol–water partition coefficient (Wildman–Crippen LogP) is 2.90. The number of carbonyl (C=O) groups is 1. The minimum Gasteiger partial charge on any atom is -0.335 e. The van der Waals surface area contributed by atoms with Gasteiger partial charge >= 0.3 is 0 Å². The highest BCUT2D eigenvalue weighted by molar-refractivity contribution is 5.79. The zero-order valence-corrected chi connectivity index (χ0v) is 13.2. The van der Waals surface area contributed by atoms with Crippen LogP contribution in [0.2, 0.25) is 0 Å². The van der Waals surface area contributed by atoms with Gasteiger partial charge < -0.3 is 10.6 Å². The molecule has 0 aromatic carbocycles. The van der Waals surface area contributed by atoms with Crippen molar-refractivity contribution in [3.63, 3.8) is 0 Å². The molecule has 2 N–H and O–H groups in total. The second-order valence-electron chi connectivity index (χ2n) is 6.29. The van der Waals surface area contributed by atoms with Gasteiger partial charge in [-0.3, -0.25) is 9.78 Å². The van der Waals surface area contributed by atoms with Gasteiger partial charge in [-0.1, -0.05) is 19.4 Å². The Morgan fingerprint density at radius 2 is 2.29 bits per heavy atom. The maximum atomic E-state index is 12.7. The van der Waals surface area contributed by atoms with Crippen molar-refractivity contribution in [3.8, 4) is 0 Å². The van der Waals surface area contributed by atoms with Gasteiger partial charge in [-0.05, 0) is 44.2 Å². The minimum absolute atomic E-state index is 0.0843. The van der Waals surface area contributed by atoms with Crippen LogP contribution in [0.25, 0.3) is 0 Å². The minimum atomic E-state index is 0.0843. The molecule has 0 radical (unpaired) electrons. The van der Waals surface area contributed by atoms with Gasteiger partial charge in [0.05, 0.1) is 6.04 Å². The summed E-state index contributed by atoms with van der Waals surface area (Å²) >= 11 is 0. The maximum Gasteiger partial charge on any atom is 0.225 e. The normalized spacial score (nSPS) is 21.3. The Balaban J connectivity index is 1.94. The zero-order valence-electron chi connectivity index (χ0n) is 13.2. The number of hydrogen-bond donors (Lipinski definition) is 1. The van der Waals surface area contributed by atoms with Crippen molar-refractivity contribution in [3.05, 3.63) is 30.1 Å². The van der Waals surface area contributed by atoms with Crippen molar-refractivity contribution >= 4 is 5.91 Å². The fraction of sp³-hybridized carbons (Fsp3) is 0.647. The van der Waals surface area contributed by atoms with Gasteiger partial charge in [0, 0.05) is 30.9 Å². The highest BCUT2D eigenvalue weighted by Crippen LogP contribution is 2.33. The topological polar surface area (TPSA) is 59.2 Å². The van der Waals surface area contributed by atoms with Crippen molar-refractivity contribution in [2.45, 2.75) is 58.0 Å². The molecule has 1 aromatic rings. The largest absolute Gasteiger partial charge is 0.335 e. The van der Waals surface area contributed by atoms with Gasteiger partial charge in [0.1, 0.15) is 0 Å². The molecule has 1 aromatic heterocycles. The van der Waals surface area contributed by atoms with Crippen LogP contribution in [0.4, 0.5) is 0 Å². The molecular weight excluding hydrogens is 262 g/mol. The van der Waals surface area contributed by atoms with Crippen LogP contribution < -0.4 is 5.73 Å². The van der Waals surface area contributed by atoms with Crippen molar-refractivity contribution in [1.29, 1.82) is 0 Å². The fourth-order valence-corrected chi connectivity index (χ4v) is 3.10. The van der Waals surface area contributed by atoms with Crippen molar-refractivity contribution in [2.24, 2.45) is 11.7 Å². The lowest BCUT2D eigenvalue weighted by molar-refractivity contribution is -0.136. The summed E-state index contributed by atoms with van der Waals surface area (Å²) in [7, 11) is 0. The molecule has 0 aliphatic carbocycles. The molecule has 1 saturated heterocycles. The number of aromatic nitrogens is 1. The van der Waals surface area contributed by atoms with E-state index in [1.165, 1.54) is 0 Å². The lowest BCUT2D eigenvalue weighted by Gasteiger charge is -2.27. The highest BCUT2D eigenvalue weighted by Gasteiger charge is 2.32. The number of likely N-dealkylation sites (tertiary alicyclic amines) is 1. The molecule has 4 nitrogen and oxygen atoms in total. The second-order valence-corrected chi connectivity index (χ2v) is 6.29. The molecule has 0 saturated carbocycles. The summed E-state index contributed by atoms with van der Waals surface area (Å²) in [5.74, 6) is 0.368. The van der Waals surface area contributed by atoms with Gasteiger partial charge in [0.2, 0.25) is 5.91 Å². The molecule has 1 aliphatic heterocycles. The number of hydrogen-bond acceptors (Lipinski definition) is 3. The molecule has 0 bridgehead atoms. The molecule has 4 heteroatoms. The monoisotopic (exact) mass is 289 g/mol. The molecule has 1 amide bonds. The van der Waals surface area contributed by atoms with Crippen LogP contribution in [0.3, 0.4) is 0 Å². The van der Waals surface area contributed by atoms with E-state index in [4.69, 9.17) is 5.73 Å². The number of nitrogens with two attached hydrogens (primary N) is 1. The Hall–Kier alpha value is -1.42. The standard InChI is InChI=1S/C17H27N3O/c1-13(6-3-7-14(2)18)17(21)20-11-5-9-16(20)15-8-4-10-19-12-15/h4,8,10,12-14,16H,3,5-7,9,11,18H2,1-2H3. The summed E-state index contributed by atoms with van der Waals surface area (Å²) in [5, 5.41) is 0. The van der Waals surface area contributed by atoms with Gasteiger partial charge in [-0.15, -0.1) is 0 Å². The van der Waals surface area contributed by atoms with Crippen LogP contribution in [0.5, 0.6) is 0 Å². The molecule has 1 aliphatic rings. The lowest BCUT2D eigenvalue weighted by Crippen LogP contribution is -2.34. The Morgan fingerprint density at radius 3 is 2.95 bits per heavy atom. The Bertz CT molecular complexity index is 447. The summed E-state index contributed by atoms with van der Waals surface area (Å²) in [6, 6.07) is 4.45. The van der Waals surface area contributed by atoms with Crippen LogP contribution in [0.15, 0.2) is 24.5 Å². The van der Waals surface area contributed by atoms with Crippen molar-refractivity contribution in [2.75, 3.05) is 6.54 Å². The van der Waals surface area contributed by atoms with E-state index in [0.717, 1.165) is 44.2 Å². The smallest absolute Gasteiger partial charge is 0.225 e. The summed E-state index contributed by atoms with van der Waals surface area (Å²) in [6.45, 7) is 4.93. The van der Waals surface area contributed by atoms with Gasteiger partial charge in [-0.2, -0.15) is 0 Å². The lowest BCUT2D eigenvalue weighted by atomic mass is 9.99. The third-order valence-electron chi connectivity index (χ3n) is 4.32. The van der Waals surface area contributed by atoms with E-state index in [-0.39, 0.29) is 23.9 Å². The maximum absolute atomic E-state index is 12.7. The van der Waals surface area contributed by atoms with E-state index in [0.29, 0.717) is 0 Å². The third kappa shape index (κ3) is 4.27. The predicted molar refractivity (Wildman–Crippen MR) is 84.6 cm³/mol. The third-order valence-corrected chi connectivity index (χ3v) is 4.32. The van der Waals surface area contributed by atoms with Gasteiger partial charge in [0.15, 0.2) is 0 Å². The molecule has 2 rings (SSSR count). The summed E-state index contributed by atoms with van der Waals surface area (Å²) < 4.78 is 0. The number of pyridine rings is 1. The van der Waals surface area contributed by atoms with Crippen molar-refractivity contribution in [1.82, 2.24) is 9.88 Å². The quantitative estimate of drug-likeness (QED) is 0.876. The molecule has 3 unspecified atom stereocenters. The number of nitrogens with zero attached hydrogens (tertiary/aromatic N) is 2. The van der Waals surface area contributed by atoms with E-state index in [1.54, 1.807) is 6.20 Å². The fourth-order valence-electron chi connectivity index (χ4n) is 3.10. The van der Waals surface area contributed by atoms with Crippen LogP contribution in [0, 0.1) is 5.92 Å². The molecular formula is C17H27N3O. The molecule has 21 heavy (non-hydrogen) atoms. The summed E-state index contributed by atoms with van der Waals surface area (Å²) in [5.41, 5.74) is 6.93. The first-order valence-corrected chi connectivity index (χ1v) is 8.05. The average molecular weight is 289 g/mol. The molecule has 2 heterocycles. The van der Waals surface area contributed by atoms with Crippen LogP contribution in [0.1, 0.15) is 57.6 Å². The average Bonchev–Trinajstić information content (AvgIpc) is 2.96. The first kappa shape index (κ1) is 16.0. The SMILES string of the molecule is CC(N)CCCC(C)C(=O)N1CCCC1c1cccnc1. The molecule has 3 atom stereocenters. The zero-order chi connectivity index (χ0) is 15.2. The molecule has 1 fully saturated rings. The summed E-state index contributed by atoms with van der Waals surface area (Å²) in [4.78, 5) is 18.9. The Labute approximate surface area is 127 Å². The Kier molecular flexibility index (Phi) is 5.74. The first-order valence-electron chi connectivity index (χ1n) is 8.05.